The Balaban J connectivity index is 2.17. The maximum absolute atomic E-state index is 14.0. The third-order valence-electron chi connectivity index (χ3n) is 4.17. The topological polar surface area (TPSA) is 17.8 Å². The highest BCUT2D eigenvalue weighted by molar-refractivity contribution is 14.1. The Kier molecular flexibility index (Phi) is 5.01. The summed E-state index contributed by atoms with van der Waals surface area (Å²) in [5, 5.41) is 0.582. The van der Waals surface area contributed by atoms with Crippen LogP contribution in [0.2, 0.25) is 0 Å². The van der Waals surface area contributed by atoms with Gasteiger partial charge in [0.2, 0.25) is 0 Å². The lowest BCUT2D eigenvalue weighted by Gasteiger charge is -2.22. The number of imidazole rings is 1. The first-order chi connectivity index (χ1) is 10.2. The van der Waals surface area contributed by atoms with Gasteiger partial charge in [-0.2, -0.15) is 11.8 Å². The van der Waals surface area contributed by atoms with Crippen molar-refractivity contribution >= 4 is 57.0 Å². The van der Waals surface area contributed by atoms with E-state index in [1.54, 1.807) is 6.07 Å². The molecule has 1 aliphatic rings. The first-order valence-corrected chi connectivity index (χ1v) is 10.0. The molecule has 1 fully saturated rings. The van der Waals surface area contributed by atoms with Crippen LogP contribution in [0.1, 0.15) is 31.1 Å². The third-order valence-corrected chi connectivity index (χ3v) is 6.35. The zero-order valence-electron chi connectivity index (χ0n) is 11.8. The van der Waals surface area contributed by atoms with Gasteiger partial charge in [-0.05, 0) is 47.8 Å². The van der Waals surface area contributed by atoms with Gasteiger partial charge in [-0.25, -0.2) is 9.37 Å². The van der Waals surface area contributed by atoms with Crippen LogP contribution in [0.25, 0.3) is 11.0 Å². The van der Waals surface area contributed by atoms with Crippen molar-refractivity contribution in [2.75, 3.05) is 12.1 Å². The summed E-state index contributed by atoms with van der Waals surface area (Å²) >= 11 is 9.87. The monoisotopic (exact) mass is 438 g/mol. The molecule has 1 aromatic heterocycles. The predicted molar refractivity (Wildman–Crippen MR) is 97.0 cm³/mol. The van der Waals surface area contributed by atoms with E-state index in [1.807, 2.05) is 40.4 Å². The lowest BCUT2D eigenvalue weighted by molar-refractivity contribution is 0.521. The maximum atomic E-state index is 14.0. The molecule has 1 aromatic carbocycles. The highest BCUT2D eigenvalue weighted by atomic mass is 127. The molecule has 2 unspecified atom stereocenters. The normalized spacial score (nSPS) is 22.3. The number of aromatic nitrogens is 2. The summed E-state index contributed by atoms with van der Waals surface area (Å²) in [6, 6.07) is 3.88. The number of halogens is 3. The summed E-state index contributed by atoms with van der Waals surface area (Å²) in [5.41, 5.74) is 1.80. The number of hydrogen-bond donors (Lipinski definition) is 0. The fourth-order valence-corrected chi connectivity index (χ4v) is 4.84. The molecule has 2 nitrogen and oxygen atoms in total. The standard InChI is InChI=1S/C15H17ClFIN2S/c1-21-14-4-2-3-12(14)20-13-7-9(17)10(18)8-11(13)19-15(20)5-6-16/h7-8,12,14H,2-6H2,1H3. The van der Waals surface area contributed by atoms with Crippen molar-refractivity contribution in [3.05, 3.63) is 27.3 Å². The molecule has 1 saturated carbocycles. The molecular formula is C15H17ClFIN2S. The van der Waals surface area contributed by atoms with E-state index in [0.717, 1.165) is 29.7 Å². The molecule has 114 valence electrons. The lowest BCUT2D eigenvalue weighted by atomic mass is 10.2. The van der Waals surface area contributed by atoms with Gasteiger partial charge in [0, 0.05) is 29.7 Å². The highest BCUT2D eigenvalue weighted by Gasteiger charge is 2.31. The van der Waals surface area contributed by atoms with E-state index in [0.29, 0.717) is 20.7 Å². The predicted octanol–water partition coefficient (Wildman–Crippen LogP) is 5.02. The van der Waals surface area contributed by atoms with Gasteiger partial charge in [0.05, 0.1) is 14.6 Å². The van der Waals surface area contributed by atoms with Crippen molar-refractivity contribution in [1.82, 2.24) is 9.55 Å². The first kappa shape index (κ1) is 15.9. The average Bonchev–Trinajstić information content (AvgIpc) is 3.03. The minimum atomic E-state index is -0.166. The number of alkyl halides is 1. The van der Waals surface area contributed by atoms with Crippen LogP contribution in [0.3, 0.4) is 0 Å². The molecule has 0 aliphatic heterocycles. The van der Waals surface area contributed by atoms with E-state index in [-0.39, 0.29) is 5.82 Å². The van der Waals surface area contributed by atoms with Crippen LogP contribution >= 0.6 is 46.0 Å². The maximum Gasteiger partial charge on any atom is 0.138 e. The van der Waals surface area contributed by atoms with Gasteiger partial charge in [-0.3, -0.25) is 0 Å². The highest BCUT2D eigenvalue weighted by Crippen LogP contribution is 2.40. The molecule has 21 heavy (non-hydrogen) atoms. The number of nitrogens with zero attached hydrogens (tertiary/aromatic N) is 2. The molecule has 0 N–H and O–H groups in total. The van der Waals surface area contributed by atoms with Crippen LogP contribution in [0, 0.1) is 9.39 Å². The largest absolute Gasteiger partial charge is 0.324 e. The summed E-state index contributed by atoms with van der Waals surface area (Å²) in [6.45, 7) is 0. The van der Waals surface area contributed by atoms with E-state index in [1.165, 1.54) is 12.8 Å². The van der Waals surface area contributed by atoms with E-state index < -0.39 is 0 Å². The van der Waals surface area contributed by atoms with Gasteiger partial charge in [0.25, 0.3) is 0 Å². The molecule has 2 atom stereocenters. The number of thioether (sulfide) groups is 1. The quantitative estimate of drug-likeness (QED) is 0.493. The molecular weight excluding hydrogens is 422 g/mol. The first-order valence-electron chi connectivity index (χ1n) is 7.10. The zero-order valence-corrected chi connectivity index (χ0v) is 15.5. The molecule has 6 heteroatoms. The van der Waals surface area contributed by atoms with Crippen LogP contribution in [-0.4, -0.2) is 26.9 Å². The average molecular weight is 439 g/mol. The van der Waals surface area contributed by atoms with E-state index >= 15 is 0 Å². The minimum Gasteiger partial charge on any atom is -0.324 e. The second kappa shape index (κ2) is 6.62. The fourth-order valence-electron chi connectivity index (χ4n) is 3.25. The number of benzene rings is 1. The molecule has 0 bridgehead atoms. The Morgan fingerprint density at radius 1 is 1.48 bits per heavy atom. The summed E-state index contributed by atoms with van der Waals surface area (Å²) in [7, 11) is 0. The van der Waals surface area contributed by atoms with Gasteiger partial charge in [0.15, 0.2) is 0 Å². The number of hydrogen-bond acceptors (Lipinski definition) is 2. The van der Waals surface area contributed by atoms with Crippen LogP contribution < -0.4 is 0 Å². The second-order valence-corrected chi connectivity index (χ2v) is 7.98. The molecule has 0 amide bonds. The second-order valence-electron chi connectivity index (χ2n) is 5.36. The molecule has 2 aromatic rings. The van der Waals surface area contributed by atoms with Crippen molar-refractivity contribution in [1.29, 1.82) is 0 Å². The van der Waals surface area contributed by atoms with Crippen molar-refractivity contribution in [2.45, 2.75) is 37.0 Å². The summed E-state index contributed by atoms with van der Waals surface area (Å²) < 4.78 is 16.9. The Morgan fingerprint density at radius 3 is 3.00 bits per heavy atom. The fraction of sp³-hybridized carbons (Fsp3) is 0.533. The van der Waals surface area contributed by atoms with Crippen molar-refractivity contribution in [2.24, 2.45) is 0 Å². The van der Waals surface area contributed by atoms with Gasteiger partial charge in [-0.15, -0.1) is 11.6 Å². The SMILES string of the molecule is CSC1CCCC1n1c(CCCl)nc2cc(I)c(F)cc21. The molecule has 0 radical (unpaired) electrons. The molecule has 1 aliphatic carbocycles. The van der Waals surface area contributed by atoms with E-state index in [9.17, 15) is 4.39 Å². The Labute approximate surface area is 147 Å². The molecule has 0 saturated heterocycles. The minimum absolute atomic E-state index is 0.166. The van der Waals surface area contributed by atoms with Crippen LogP contribution in [0.4, 0.5) is 4.39 Å². The third kappa shape index (κ3) is 2.93. The Hall–Kier alpha value is -0.0100. The molecule has 0 spiro atoms. The van der Waals surface area contributed by atoms with Crippen molar-refractivity contribution < 1.29 is 4.39 Å². The van der Waals surface area contributed by atoms with Crippen LogP contribution in [0.5, 0.6) is 0 Å². The molecule has 1 heterocycles. The Bertz CT molecular complexity index is 661. The van der Waals surface area contributed by atoms with Crippen LogP contribution in [-0.2, 0) is 6.42 Å². The summed E-state index contributed by atoms with van der Waals surface area (Å²) in [6.07, 6.45) is 6.47. The lowest BCUT2D eigenvalue weighted by Crippen LogP contribution is -2.18. The van der Waals surface area contributed by atoms with E-state index in [4.69, 9.17) is 16.6 Å². The zero-order chi connectivity index (χ0) is 15.0. The van der Waals surface area contributed by atoms with Crippen molar-refractivity contribution in [3.8, 4) is 0 Å². The Morgan fingerprint density at radius 2 is 2.29 bits per heavy atom. The molecule has 3 rings (SSSR count). The van der Waals surface area contributed by atoms with Gasteiger partial charge in [0.1, 0.15) is 11.6 Å². The van der Waals surface area contributed by atoms with Gasteiger partial charge >= 0.3 is 0 Å². The van der Waals surface area contributed by atoms with Crippen molar-refractivity contribution in [3.63, 3.8) is 0 Å². The van der Waals surface area contributed by atoms with Crippen LogP contribution in [0.15, 0.2) is 12.1 Å². The smallest absolute Gasteiger partial charge is 0.138 e. The summed E-state index contributed by atoms with van der Waals surface area (Å²) in [4.78, 5) is 4.72. The number of fused-ring (bicyclic) bond motifs is 1. The number of rotatable bonds is 4. The van der Waals surface area contributed by atoms with Gasteiger partial charge in [-0.1, -0.05) is 6.42 Å². The summed E-state index contributed by atoms with van der Waals surface area (Å²) in [5.74, 6) is 1.37. The van der Waals surface area contributed by atoms with Gasteiger partial charge < -0.3 is 4.57 Å². The van der Waals surface area contributed by atoms with E-state index in [2.05, 4.69) is 10.8 Å². The number of aryl methyl sites for hydroxylation is 1.